The van der Waals surface area contributed by atoms with Gasteiger partial charge in [0.15, 0.2) is 0 Å². The highest BCUT2D eigenvalue weighted by Crippen LogP contribution is 2.11. The molecule has 2 atom stereocenters. The van der Waals surface area contributed by atoms with E-state index < -0.39 is 0 Å². The summed E-state index contributed by atoms with van der Waals surface area (Å²) in [4.78, 5) is 16.7. The topological polar surface area (TPSA) is 59.0 Å². The lowest BCUT2D eigenvalue weighted by Crippen LogP contribution is -2.53. The minimum Gasteiger partial charge on any atom is -0.350 e. The summed E-state index contributed by atoms with van der Waals surface area (Å²) in [7, 11) is 1.96. The number of imidazole rings is 1. The molecule has 0 bridgehead atoms. The van der Waals surface area contributed by atoms with E-state index in [0.29, 0.717) is 6.54 Å². The van der Waals surface area contributed by atoms with Crippen LogP contribution in [0.2, 0.25) is 0 Å². The fourth-order valence-corrected chi connectivity index (χ4v) is 2.00. The van der Waals surface area contributed by atoms with Gasteiger partial charge in [0.2, 0.25) is 5.91 Å². The Labute approximate surface area is 122 Å². The molecule has 1 aromatic heterocycles. The summed E-state index contributed by atoms with van der Waals surface area (Å²) in [5.41, 5.74) is -0.215. The van der Waals surface area contributed by atoms with Crippen molar-refractivity contribution in [2.45, 2.75) is 59.2 Å². The van der Waals surface area contributed by atoms with Gasteiger partial charge in [-0.05, 0) is 26.7 Å². The standard InChI is InChI=1S/C15H28N4O/c1-7-11(2)13(14(20)18-15(3,4)5)17-10-12-16-8-9-19(12)6/h8-9,11,13,17H,7,10H2,1-6H3,(H,18,20)/t11-,13?/m0/s1. The lowest BCUT2D eigenvalue weighted by molar-refractivity contribution is -0.125. The second kappa shape index (κ2) is 6.88. The minimum absolute atomic E-state index is 0.0565. The number of hydrogen-bond donors (Lipinski definition) is 2. The second-order valence-electron chi connectivity index (χ2n) is 6.44. The van der Waals surface area contributed by atoms with Crippen molar-refractivity contribution in [3.8, 4) is 0 Å². The molecule has 1 amide bonds. The Morgan fingerprint density at radius 2 is 2.10 bits per heavy atom. The number of rotatable bonds is 6. The summed E-state index contributed by atoms with van der Waals surface area (Å²) < 4.78 is 1.96. The molecule has 1 unspecified atom stereocenters. The highest BCUT2D eigenvalue weighted by Gasteiger charge is 2.26. The first-order valence-electron chi connectivity index (χ1n) is 7.26. The average molecular weight is 280 g/mol. The predicted molar refractivity (Wildman–Crippen MR) is 81.2 cm³/mol. The van der Waals surface area contributed by atoms with Gasteiger partial charge in [0.1, 0.15) is 5.82 Å². The first-order valence-corrected chi connectivity index (χ1v) is 7.26. The molecule has 114 valence electrons. The molecular weight excluding hydrogens is 252 g/mol. The largest absolute Gasteiger partial charge is 0.350 e. The summed E-state index contributed by atoms with van der Waals surface area (Å²) in [5.74, 6) is 1.26. The number of carbonyl (C=O) groups excluding carboxylic acids is 1. The van der Waals surface area contributed by atoms with E-state index >= 15 is 0 Å². The second-order valence-corrected chi connectivity index (χ2v) is 6.44. The Morgan fingerprint density at radius 1 is 1.45 bits per heavy atom. The Bertz CT molecular complexity index is 433. The molecule has 1 aromatic rings. The van der Waals surface area contributed by atoms with E-state index in [1.165, 1.54) is 0 Å². The molecular formula is C15H28N4O. The number of nitrogens with one attached hydrogen (secondary N) is 2. The van der Waals surface area contributed by atoms with Crippen LogP contribution in [-0.2, 0) is 18.4 Å². The monoisotopic (exact) mass is 280 g/mol. The van der Waals surface area contributed by atoms with E-state index in [1.54, 1.807) is 6.20 Å². The van der Waals surface area contributed by atoms with Crippen molar-refractivity contribution >= 4 is 5.91 Å². The van der Waals surface area contributed by atoms with Gasteiger partial charge in [-0.15, -0.1) is 0 Å². The first-order chi connectivity index (χ1) is 9.24. The summed E-state index contributed by atoms with van der Waals surface area (Å²) in [6.07, 6.45) is 4.63. The van der Waals surface area contributed by atoms with Crippen LogP contribution in [0.4, 0.5) is 0 Å². The van der Waals surface area contributed by atoms with Gasteiger partial charge in [-0.25, -0.2) is 4.98 Å². The molecule has 0 radical (unpaired) electrons. The van der Waals surface area contributed by atoms with E-state index in [9.17, 15) is 4.79 Å². The Morgan fingerprint density at radius 3 is 2.55 bits per heavy atom. The van der Waals surface area contributed by atoms with E-state index in [1.807, 2.05) is 38.6 Å². The van der Waals surface area contributed by atoms with Gasteiger partial charge in [0.25, 0.3) is 0 Å². The molecule has 1 heterocycles. The molecule has 0 saturated carbocycles. The summed E-state index contributed by atoms with van der Waals surface area (Å²) >= 11 is 0. The van der Waals surface area contributed by atoms with Crippen molar-refractivity contribution < 1.29 is 4.79 Å². The molecule has 0 spiro atoms. The molecule has 1 rings (SSSR count). The molecule has 0 aromatic carbocycles. The van der Waals surface area contributed by atoms with Gasteiger partial charge >= 0.3 is 0 Å². The van der Waals surface area contributed by atoms with Crippen LogP contribution in [0.3, 0.4) is 0 Å². The molecule has 0 aliphatic heterocycles. The number of aryl methyl sites for hydroxylation is 1. The molecule has 2 N–H and O–H groups in total. The van der Waals surface area contributed by atoms with E-state index in [4.69, 9.17) is 0 Å². The molecule has 0 aliphatic rings. The molecule has 5 heteroatoms. The lowest BCUT2D eigenvalue weighted by atomic mass is 9.97. The maximum absolute atomic E-state index is 12.4. The Balaban J connectivity index is 2.70. The molecule has 0 aliphatic carbocycles. The third-order valence-corrected chi connectivity index (χ3v) is 3.39. The van der Waals surface area contributed by atoms with Crippen LogP contribution in [0.1, 0.15) is 46.9 Å². The third-order valence-electron chi connectivity index (χ3n) is 3.39. The lowest BCUT2D eigenvalue weighted by Gasteiger charge is -2.28. The van der Waals surface area contributed by atoms with Gasteiger partial charge in [-0.3, -0.25) is 10.1 Å². The predicted octanol–water partition coefficient (Wildman–Crippen LogP) is 1.84. The Hall–Kier alpha value is -1.36. The molecule has 20 heavy (non-hydrogen) atoms. The SMILES string of the molecule is CC[C@H](C)C(NCc1nccn1C)C(=O)NC(C)(C)C. The van der Waals surface area contributed by atoms with Crippen molar-refractivity contribution in [3.63, 3.8) is 0 Å². The van der Waals surface area contributed by atoms with Crippen LogP contribution in [0.25, 0.3) is 0 Å². The summed E-state index contributed by atoms with van der Waals surface area (Å²) in [5, 5.41) is 6.39. The third kappa shape index (κ3) is 4.96. The summed E-state index contributed by atoms with van der Waals surface area (Å²) in [6, 6.07) is -0.198. The van der Waals surface area contributed by atoms with Crippen LogP contribution < -0.4 is 10.6 Å². The van der Waals surface area contributed by atoms with E-state index in [0.717, 1.165) is 12.2 Å². The number of amides is 1. The summed E-state index contributed by atoms with van der Waals surface area (Å²) in [6.45, 7) is 10.8. The average Bonchev–Trinajstić information content (AvgIpc) is 2.72. The number of hydrogen-bond acceptors (Lipinski definition) is 3. The zero-order chi connectivity index (χ0) is 15.3. The smallest absolute Gasteiger partial charge is 0.237 e. The highest BCUT2D eigenvalue weighted by molar-refractivity contribution is 5.82. The fraction of sp³-hybridized carbons (Fsp3) is 0.733. The van der Waals surface area contributed by atoms with Gasteiger partial charge in [-0.2, -0.15) is 0 Å². The molecule has 0 saturated heterocycles. The normalized spacial score (nSPS) is 14.9. The van der Waals surface area contributed by atoms with Crippen molar-refractivity contribution in [2.75, 3.05) is 0 Å². The van der Waals surface area contributed by atoms with Crippen LogP contribution in [-0.4, -0.2) is 27.0 Å². The first kappa shape index (κ1) is 16.7. The number of aromatic nitrogens is 2. The maximum Gasteiger partial charge on any atom is 0.237 e. The van der Waals surface area contributed by atoms with Gasteiger partial charge in [0.05, 0.1) is 12.6 Å². The molecule has 0 fully saturated rings. The quantitative estimate of drug-likeness (QED) is 0.836. The van der Waals surface area contributed by atoms with Crippen molar-refractivity contribution in [3.05, 3.63) is 18.2 Å². The van der Waals surface area contributed by atoms with Crippen LogP contribution in [0.5, 0.6) is 0 Å². The highest BCUT2D eigenvalue weighted by atomic mass is 16.2. The van der Waals surface area contributed by atoms with Crippen molar-refractivity contribution in [1.82, 2.24) is 20.2 Å². The Kier molecular flexibility index (Phi) is 5.74. The van der Waals surface area contributed by atoms with Crippen LogP contribution in [0.15, 0.2) is 12.4 Å². The van der Waals surface area contributed by atoms with Crippen LogP contribution >= 0.6 is 0 Å². The zero-order valence-corrected chi connectivity index (χ0v) is 13.5. The number of carbonyl (C=O) groups is 1. The number of nitrogens with zero attached hydrogens (tertiary/aromatic N) is 2. The van der Waals surface area contributed by atoms with Crippen molar-refractivity contribution in [1.29, 1.82) is 0 Å². The van der Waals surface area contributed by atoms with Crippen molar-refractivity contribution in [2.24, 2.45) is 13.0 Å². The van der Waals surface area contributed by atoms with E-state index in [2.05, 4.69) is 29.5 Å². The molecule has 5 nitrogen and oxygen atoms in total. The maximum atomic E-state index is 12.4. The van der Waals surface area contributed by atoms with Gasteiger partial charge in [-0.1, -0.05) is 20.3 Å². The zero-order valence-electron chi connectivity index (χ0n) is 13.5. The van der Waals surface area contributed by atoms with E-state index in [-0.39, 0.29) is 23.4 Å². The fourth-order valence-electron chi connectivity index (χ4n) is 2.00. The van der Waals surface area contributed by atoms with Crippen LogP contribution in [0, 0.1) is 5.92 Å². The van der Waals surface area contributed by atoms with Gasteiger partial charge < -0.3 is 9.88 Å². The minimum atomic E-state index is -0.215. The van der Waals surface area contributed by atoms with Gasteiger partial charge in [0, 0.05) is 25.0 Å².